The largest absolute Gasteiger partial charge is 0.497 e. The van der Waals surface area contributed by atoms with Gasteiger partial charge in [0.15, 0.2) is 0 Å². The van der Waals surface area contributed by atoms with Gasteiger partial charge < -0.3 is 15.4 Å². The number of hydrogen-bond donors (Lipinski definition) is 2. The summed E-state index contributed by atoms with van der Waals surface area (Å²) < 4.78 is 5.05. The Morgan fingerprint density at radius 1 is 1.69 bits per heavy atom. The van der Waals surface area contributed by atoms with Crippen molar-refractivity contribution in [2.45, 2.75) is 18.9 Å². The number of pyridine rings is 1. The third kappa shape index (κ3) is 2.49. The van der Waals surface area contributed by atoms with E-state index in [1.54, 1.807) is 25.4 Å². The number of rotatable bonds is 3. The van der Waals surface area contributed by atoms with Gasteiger partial charge in [-0.3, -0.25) is 4.79 Å². The van der Waals surface area contributed by atoms with Crippen LogP contribution in [0.5, 0.6) is 5.75 Å². The highest BCUT2D eigenvalue weighted by atomic mass is 16.5. The zero-order valence-corrected chi connectivity index (χ0v) is 9.19. The second kappa shape index (κ2) is 4.94. The molecule has 1 unspecified atom stereocenters. The number of nitrogens with one attached hydrogen (secondary N) is 2. The summed E-state index contributed by atoms with van der Waals surface area (Å²) in [5.41, 5.74) is 0. The van der Waals surface area contributed by atoms with Crippen molar-refractivity contribution >= 4 is 11.7 Å². The molecule has 5 nitrogen and oxygen atoms in total. The molecule has 1 amide bonds. The van der Waals surface area contributed by atoms with E-state index < -0.39 is 0 Å². The second-order valence-electron chi connectivity index (χ2n) is 3.72. The van der Waals surface area contributed by atoms with E-state index in [0.717, 1.165) is 19.4 Å². The van der Waals surface area contributed by atoms with Crippen LogP contribution in [0.4, 0.5) is 5.82 Å². The molecule has 1 saturated heterocycles. The van der Waals surface area contributed by atoms with Crippen LogP contribution in [0, 0.1) is 0 Å². The molecule has 1 aliphatic rings. The van der Waals surface area contributed by atoms with Crippen molar-refractivity contribution in [2.24, 2.45) is 0 Å². The Morgan fingerprint density at radius 3 is 3.25 bits per heavy atom. The van der Waals surface area contributed by atoms with Gasteiger partial charge in [-0.2, -0.15) is 0 Å². The fraction of sp³-hybridized carbons (Fsp3) is 0.455. The quantitative estimate of drug-likeness (QED) is 0.791. The van der Waals surface area contributed by atoms with Crippen molar-refractivity contribution in [1.82, 2.24) is 10.3 Å². The molecule has 2 rings (SSSR count). The molecule has 16 heavy (non-hydrogen) atoms. The first-order chi connectivity index (χ1) is 7.79. The highest BCUT2D eigenvalue weighted by Crippen LogP contribution is 2.14. The third-order valence-corrected chi connectivity index (χ3v) is 2.60. The van der Waals surface area contributed by atoms with Gasteiger partial charge in [0.2, 0.25) is 5.91 Å². The molecule has 0 bridgehead atoms. The van der Waals surface area contributed by atoms with E-state index in [9.17, 15) is 4.79 Å². The van der Waals surface area contributed by atoms with Crippen LogP contribution < -0.4 is 15.4 Å². The normalized spacial score (nSPS) is 19.4. The number of carbonyl (C=O) groups is 1. The lowest BCUT2D eigenvalue weighted by Gasteiger charge is -2.10. The molecular formula is C11H15N3O2. The molecule has 0 aromatic carbocycles. The molecule has 1 atom stereocenters. The molecule has 0 aliphatic carbocycles. The van der Waals surface area contributed by atoms with Crippen LogP contribution in [0.25, 0.3) is 0 Å². The van der Waals surface area contributed by atoms with Crippen LogP contribution in [-0.2, 0) is 4.79 Å². The number of carbonyl (C=O) groups excluding carboxylic acids is 1. The zero-order chi connectivity index (χ0) is 11.4. The van der Waals surface area contributed by atoms with Crippen LogP contribution in [0.15, 0.2) is 18.3 Å². The first-order valence-corrected chi connectivity index (χ1v) is 5.34. The first kappa shape index (κ1) is 10.9. The number of methoxy groups -OCH3 is 1. The van der Waals surface area contributed by atoms with Crippen LogP contribution in [-0.4, -0.2) is 30.6 Å². The summed E-state index contributed by atoms with van der Waals surface area (Å²) in [6.07, 6.45) is 3.54. The summed E-state index contributed by atoms with van der Waals surface area (Å²) >= 11 is 0. The summed E-state index contributed by atoms with van der Waals surface area (Å²) in [5.74, 6) is 1.18. The number of ether oxygens (including phenoxy) is 1. The number of aromatic nitrogens is 1. The summed E-state index contributed by atoms with van der Waals surface area (Å²) in [6.45, 7) is 0.906. The van der Waals surface area contributed by atoms with E-state index in [1.165, 1.54) is 0 Å². The van der Waals surface area contributed by atoms with Gasteiger partial charge in [-0.1, -0.05) is 0 Å². The van der Waals surface area contributed by atoms with Gasteiger partial charge in [0.1, 0.15) is 11.6 Å². The maximum absolute atomic E-state index is 11.8. The zero-order valence-electron chi connectivity index (χ0n) is 9.19. The van der Waals surface area contributed by atoms with Crippen molar-refractivity contribution in [3.8, 4) is 5.75 Å². The molecule has 2 heterocycles. The van der Waals surface area contributed by atoms with Crippen LogP contribution in [0.3, 0.4) is 0 Å². The van der Waals surface area contributed by atoms with Crippen LogP contribution in [0.1, 0.15) is 12.8 Å². The fourth-order valence-electron chi connectivity index (χ4n) is 1.73. The molecule has 1 aromatic rings. The van der Waals surface area contributed by atoms with Crippen molar-refractivity contribution in [3.63, 3.8) is 0 Å². The third-order valence-electron chi connectivity index (χ3n) is 2.60. The van der Waals surface area contributed by atoms with Crippen LogP contribution in [0.2, 0.25) is 0 Å². The van der Waals surface area contributed by atoms with Gasteiger partial charge in [0.25, 0.3) is 0 Å². The van der Waals surface area contributed by atoms with E-state index >= 15 is 0 Å². The number of nitrogens with zero attached hydrogens (tertiary/aromatic N) is 1. The second-order valence-corrected chi connectivity index (χ2v) is 3.72. The van der Waals surface area contributed by atoms with E-state index in [0.29, 0.717) is 11.6 Å². The van der Waals surface area contributed by atoms with Gasteiger partial charge in [0.05, 0.1) is 13.2 Å². The molecule has 1 fully saturated rings. The van der Waals surface area contributed by atoms with Crippen molar-refractivity contribution < 1.29 is 9.53 Å². The molecular weight excluding hydrogens is 206 g/mol. The minimum absolute atomic E-state index is 0.0294. The highest BCUT2D eigenvalue weighted by molar-refractivity contribution is 5.94. The van der Waals surface area contributed by atoms with Gasteiger partial charge in [0, 0.05) is 12.3 Å². The Morgan fingerprint density at radius 2 is 2.56 bits per heavy atom. The first-order valence-electron chi connectivity index (χ1n) is 5.34. The number of anilines is 1. The molecule has 1 aromatic heterocycles. The lowest BCUT2D eigenvalue weighted by molar-refractivity contribution is -0.117. The monoisotopic (exact) mass is 221 g/mol. The van der Waals surface area contributed by atoms with Gasteiger partial charge in [-0.25, -0.2) is 4.98 Å². The van der Waals surface area contributed by atoms with Crippen molar-refractivity contribution in [1.29, 1.82) is 0 Å². The molecule has 0 spiro atoms. The smallest absolute Gasteiger partial charge is 0.242 e. The summed E-state index contributed by atoms with van der Waals surface area (Å²) in [7, 11) is 1.58. The lowest BCUT2D eigenvalue weighted by atomic mass is 10.2. The molecule has 1 aliphatic heterocycles. The molecule has 5 heteroatoms. The Balaban J connectivity index is 1.99. The molecule has 2 N–H and O–H groups in total. The van der Waals surface area contributed by atoms with E-state index in [2.05, 4.69) is 15.6 Å². The Hall–Kier alpha value is -1.62. The van der Waals surface area contributed by atoms with Crippen molar-refractivity contribution in [2.75, 3.05) is 19.0 Å². The van der Waals surface area contributed by atoms with Gasteiger partial charge in [-0.05, 0) is 25.5 Å². The van der Waals surface area contributed by atoms with Gasteiger partial charge >= 0.3 is 0 Å². The van der Waals surface area contributed by atoms with E-state index in [-0.39, 0.29) is 11.9 Å². The molecule has 0 saturated carbocycles. The highest BCUT2D eigenvalue weighted by Gasteiger charge is 2.22. The summed E-state index contributed by atoms with van der Waals surface area (Å²) in [6, 6.07) is 3.35. The van der Waals surface area contributed by atoms with Crippen molar-refractivity contribution in [3.05, 3.63) is 18.3 Å². The fourth-order valence-corrected chi connectivity index (χ4v) is 1.73. The maximum atomic E-state index is 11.8. The van der Waals surface area contributed by atoms with Gasteiger partial charge in [-0.15, -0.1) is 0 Å². The summed E-state index contributed by atoms with van der Waals surface area (Å²) in [5, 5.41) is 5.90. The minimum atomic E-state index is -0.0898. The standard InChI is InChI=1S/C11H15N3O2/c1-16-8-4-6-13-10(7-8)14-11(15)9-3-2-5-12-9/h4,6-7,9,12H,2-3,5H2,1H3,(H,13,14,15). The predicted molar refractivity (Wildman–Crippen MR) is 60.4 cm³/mol. The summed E-state index contributed by atoms with van der Waals surface area (Å²) in [4.78, 5) is 15.8. The number of amides is 1. The van der Waals surface area contributed by atoms with Crippen LogP contribution >= 0.6 is 0 Å². The SMILES string of the molecule is COc1ccnc(NC(=O)C2CCCN2)c1. The Kier molecular flexibility index (Phi) is 3.36. The minimum Gasteiger partial charge on any atom is -0.497 e. The van der Waals surface area contributed by atoms with E-state index in [4.69, 9.17) is 4.74 Å². The Labute approximate surface area is 94.2 Å². The number of hydrogen-bond acceptors (Lipinski definition) is 4. The maximum Gasteiger partial charge on any atom is 0.242 e. The Bertz CT molecular complexity index is 375. The predicted octanol–water partition coefficient (Wildman–Crippen LogP) is 0.781. The average molecular weight is 221 g/mol. The average Bonchev–Trinajstić information content (AvgIpc) is 2.83. The topological polar surface area (TPSA) is 63.2 Å². The van der Waals surface area contributed by atoms with E-state index in [1.807, 2.05) is 0 Å². The molecule has 0 radical (unpaired) electrons. The lowest BCUT2D eigenvalue weighted by Crippen LogP contribution is -2.35. The molecule has 86 valence electrons.